The molecule has 14 heavy (non-hydrogen) atoms. The number of ether oxygens (including phenoxy) is 1. The van der Waals surface area contributed by atoms with Crippen molar-refractivity contribution >= 4 is 11.5 Å². The second-order valence-corrected chi connectivity index (χ2v) is 3.65. The number of fused-ring (bicyclic) bond motifs is 1. The van der Waals surface area contributed by atoms with Crippen LogP contribution in [0.25, 0.3) is 0 Å². The third kappa shape index (κ3) is 1.16. The van der Waals surface area contributed by atoms with Crippen LogP contribution in [-0.4, -0.2) is 12.4 Å². The molecule has 1 aliphatic rings. The first-order chi connectivity index (χ1) is 6.61. The number of nitrogen functional groups attached to an aromatic ring is 1. The molecule has 1 aromatic rings. The second-order valence-electron chi connectivity index (χ2n) is 3.65. The molecule has 74 valence electrons. The van der Waals surface area contributed by atoms with E-state index in [1.807, 2.05) is 19.9 Å². The number of aryl methyl sites for hydroxylation is 2. The van der Waals surface area contributed by atoms with Gasteiger partial charge in [0.2, 0.25) is 0 Å². The maximum atomic E-state index is 11.6. The van der Waals surface area contributed by atoms with Crippen LogP contribution >= 0.6 is 0 Å². The zero-order valence-electron chi connectivity index (χ0n) is 8.39. The van der Waals surface area contributed by atoms with Gasteiger partial charge in [0, 0.05) is 6.42 Å². The second kappa shape index (κ2) is 3.01. The Hall–Kier alpha value is -1.51. The maximum absolute atomic E-state index is 11.6. The summed E-state index contributed by atoms with van der Waals surface area (Å²) < 4.78 is 5.44. The number of carbonyl (C=O) groups is 1. The van der Waals surface area contributed by atoms with E-state index in [2.05, 4.69) is 0 Å². The number of hydrogen-bond acceptors (Lipinski definition) is 3. The van der Waals surface area contributed by atoms with Crippen molar-refractivity contribution in [3.8, 4) is 5.75 Å². The fourth-order valence-corrected chi connectivity index (χ4v) is 1.83. The van der Waals surface area contributed by atoms with Crippen molar-refractivity contribution < 1.29 is 9.53 Å². The third-order valence-corrected chi connectivity index (χ3v) is 2.58. The van der Waals surface area contributed by atoms with Gasteiger partial charge in [0.15, 0.2) is 11.5 Å². The normalized spacial score (nSPS) is 14.9. The van der Waals surface area contributed by atoms with Crippen molar-refractivity contribution in [1.29, 1.82) is 0 Å². The van der Waals surface area contributed by atoms with E-state index in [0.717, 1.165) is 11.1 Å². The Morgan fingerprint density at radius 1 is 1.36 bits per heavy atom. The third-order valence-electron chi connectivity index (χ3n) is 2.58. The summed E-state index contributed by atoms with van der Waals surface area (Å²) in [6, 6.07) is 1.93. The Morgan fingerprint density at radius 2 is 2.07 bits per heavy atom. The van der Waals surface area contributed by atoms with Crippen molar-refractivity contribution in [2.24, 2.45) is 0 Å². The van der Waals surface area contributed by atoms with E-state index < -0.39 is 0 Å². The van der Waals surface area contributed by atoms with E-state index in [9.17, 15) is 4.79 Å². The summed E-state index contributed by atoms with van der Waals surface area (Å²) in [5.74, 6) is 0.717. The average molecular weight is 191 g/mol. The SMILES string of the molecule is Cc1cc(C)c2c(c1N)OCCC2=O. The summed E-state index contributed by atoms with van der Waals surface area (Å²) in [7, 11) is 0. The predicted octanol–water partition coefficient (Wildman–Crippen LogP) is 1.85. The summed E-state index contributed by atoms with van der Waals surface area (Å²) in [5, 5.41) is 0. The predicted molar refractivity (Wildman–Crippen MR) is 54.8 cm³/mol. The number of rotatable bonds is 0. The number of nitrogens with two attached hydrogens (primary N) is 1. The van der Waals surface area contributed by atoms with Gasteiger partial charge >= 0.3 is 0 Å². The molecule has 0 unspecified atom stereocenters. The van der Waals surface area contributed by atoms with Gasteiger partial charge in [-0.25, -0.2) is 0 Å². The van der Waals surface area contributed by atoms with Crippen LogP contribution in [0.2, 0.25) is 0 Å². The smallest absolute Gasteiger partial charge is 0.170 e. The van der Waals surface area contributed by atoms with Gasteiger partial charge in [0.05, 0.1) is 17.9 Å². The molecule has 0 spiro atoms. The largest absolute Gasteiger partial charge is 0.490 e. The van der Waals surface area contributed by atoms with Crippen molar-refractivity contribution in [1.82, 2.24) is 0 Å². The highest BCUT2D eigenvalue weighted by molar-refractivity contribution is 6.02. The topological polar surface area (TPSA) is 52.3 Å². The summed E-state index contributed by atoms with van der Waals surface area (Å²) >= 11 is 0. The Morgan fingerprint density at radius 3 is 2.79 bits per heavy atom. The molecule has 2 rings (SSSR count). The summed E-state index contributed by atoms with van der Waals surface area (Å²) in [5.41, 5.74) is 9.04. The van der Waals surface area contributed by atoms with Gasteiger partial charge in [-0.3, -0.25) is 4.79 Å². The van der Waals surface area contributed by atoms with Crippen LogP contribution in [0.15, 0.2) is 6.07 Å². The lowest BCUT2D eigenvalue weighted by atomic mass is 9.96. The van der Waals surface area contributed by atoms with Gasteiger partial charge in [-0.15, -0.1) is 0 Å². The van der Waals surface area contributed by atoms with Crippen molar-refractivity contribution in [3.05, 3.63) is 22.8 Å². The molecular formula is C11H13NO2. The molecule has 0 aromatic heterocycles. The van der Waals surface area contributed by atoms with Gasteiger partial charge in [-0.1, -0.05) is 6.07 Å². The summed E-state index contributed by atoms with van der Waals surface area (Å²) in [6.07, 6.45) is 0.455. The van der Waals surface area contributed by atoms with E-state index in [0.29, 0.717) is 30.0 Å². The van der Waals surface area contributed by atoms with Crippen LogP contribution in [0, 0.1) is 13.8 Å². The van der Waals surface area contributed by atoms with Crippen LogP contribution in [0.1, 0.15) is 27.9 Å². The standard InChI is InChI=1S/C11H13NO2/c1-6-5-7(2)10(12)11-9(6)8(13)3-4-14-11/h5H,3-4,12H2,1-2H3. The molecule has 0 bridgehead atoms. The Kier molecular flexibility index (Phi) is 1.95. The number of Topliss-reactive ketones (excluding diaryl/α,β-unsaturated/α-hetero) is 1. The highest BCUT2D eigenvalue weighted by Gasteiger charge is 2.23. The zero-order chi connectivity index (χ0) is 10.3. The minimum Gasteiger partial charge on any atom is -0.490 e. The van der Waals surface area contributed by atoms with Crippen molar-refractivity contribution in [2.75, 3.05) is 12.3 Å². The maximum Gasteiger partial charge on any atom is 0.170 e. The fourth-order valence-electron chi connectivity index (χ4n) is 1.83. The van der Waals surface area contributed by atoms with E-state index in [1.54, 1.807) is 0 Å². The summed E-state index contributed by atoms with van der Waals surface area (Å²) in [4.78, 5) is 11.6. The highest BCUT2D eigenvalue weighted by Crippen LogP contribution is 2.35. The van der Waals surface area contributed by atoms with Gasteiger partial charge in [-0.2, -0.15) is 0 Å². The molecule has 0 radical (unpaired) electrons. The van der Waals surface area contributed by atoms with Crippen LogP contribution in [0.4, 0.5) is 5.69 Å². The van der Waals surface area contributed by atoms with E-state index in [1.165, 1.54) is 0 Å². The van der Waals surface area contributed by atoms with Crippen molar-refractivity contribution in [3.63, 3.8) is 0 Å². The molecule has 0 saturated heterocycles. The lowest BCUT2D eigenvalue weighted by molar-refractivity contribution is 0.0933. The average Bonchev–Trinajstić information content (AvgIpc) is 2.14. The fraction of sp³-hybridized carbons (Fsp3) is 0.364. The monoisotopic (exact) mass is 191 g/mol. The minimum absolute atomic E-state index is 0.135. The van der Waals surface area contributed by atoms with Crippen molar-refractivity contribution in [2.45, 2.75) is 20.3 Å². The molecule has 1 aromatic carbocycles. The number of ketones is 1. The van der Waals surface area contributed by atoms with Gasteiger partial charge < -0.3 is 10.5 Å². The Labute approximate surface area is 82.9 Å². The van der Waals surface area contributed by atoms with E-state index >= 15 is 0 Å². The first-order valence-electron chi connectivity index (χ1n) is 4.67. The van der Waals surface area contributed by atoms with E-state index in [4.69, 9.17) is 10.5 Å². The molecule has 1 heterocycles. The lowest BCUT2D eigenvalue weighted by Crippen LogP contribution is -2.18. The molecule has 3 heteroatoms. The van der Waals surface area contributed by atoms with Crippen LogP contribution in [-0.2, 0) is 0 Å². The molecule has 0 amide bonds. The molecule has 2 N–H and O–H groups in total. The number of carbonyl (C=O) groups excluding carboxylic acids is 1. The number of benzene rings is 1. The molecule has 0 aliphatic carbocycles. The highest BCUT2D eigenvalue weighted by atomic mass is 16.5. The minimum atomic E-state index is 0.135. The Balaban J connectivity index is 2.72. The van der Waals surface area contributed by atoms with Crippen LogP contribution < -0.4 is 10.5 Å². The number of anilines is 1. The van der Waals surface area contributed by atoms with Crippen LogP contribution in [0.3, 0.4) is 0 Å². The Bertz CT molecular complexity index is 410. The molecule has 0 atom stereocenters. The molecule has 0 fully saturated rings. The first kappa shape index (κ1) is 9.06. The lowest BCUT2D eigenvalue weighted by Gasteiger charge is -2.21. The van der Waals surface area contributed by atoms with Crippen LogP contribution in [0.5, 0.6) is 5.75 Å². The summed E-state index contributed by atoms with van der Waals surface area (Å²) in [6.45, 7) is 4.28. The molecule has 1 aliphatic heterocycles. The molecule has 3 nitrogen and oxygen atoms in total. The van der Waals surface area contributed by atoms with E-state index in [-0.39, 0.29) is 5.78 Å². The molecular weight excluding hydrogens is 178 g/mol. The number of hydrogen-bond donors (Lipinski definition) is 1. The van der Waals surface area contributed by atoms with Gasteiger partial charge in [0.25, 0.3) is 0 Å². The first-order valence-corrected chi connectivity index (χ1v) is 4.67. The van der Waals surface area contributed by atoms with Gasteiger partial charge in [-0.05, 0) is 25.0 Å². The van der Waals surface area contributed by atoms with Gasteiger partial charge in [0.1, 0.15) is 0 Å². The molecule has 0 saturated carbocycles. The quantitative estimate of drug-likeness (QED) is 0.637. The zero-order valence-corrected chi connectivity index (χ0v) is 8.39.